The zero-order valence-electron chi connectivity index (χ0n) is 10.6. The SMILES string of the molecule is COC(=O)C[C@H](C)Oc1cccc2ccccc12. The van der Waals surface area contributed by atoms with Crippen molar-refractivity contribution in [3.63, 3.8) is 0 Å². The zero-order valence-corrected chi connectivity index (χ0v) is 10.6. The molecule has 2 rings (SSSR count). The molecule has 0 saturated heterocycles. The maximum atomic E-state index is 11.2. The average Bonchev–Trinajstić information content (AvgIpc) is 2.39. The topological polar surface area (TPSA) is 35.5 Å². The normalized spacial score (nSPS) is 12.1. The third kappa shape index (κ3) is 2.80. The van der Waals surface area contributed by atoms with Crippen molar-refractivity contribution in [3.05, 3.63) is 42.5 Å². The molecule has 3 heteroatoms. The molecule has 0 N–H and O–H groups in total. The summed E-state index contributed by atoms with van der Waals surface area (Å²) < 4.78 is 10.4. The number of rotatable bonds is 4. The average molecular weight is 244 g/mol. The molecular formula is C15H16O3. The highest BCUT2D eigenvalue weighted by atomic mass is 16.5. The predicted molar refractivity (Wildman–Crippen MR) is 70.7 cm³/mol. The van der Waals surface area contributed by atoms with Crippen molar-refractivity contribution < 1.29 is 14.3 Å². The highest BCUT2D eigenvalue weighted by Crippen LogP contribution is 2.26. The summed E-state index contributed by atoms with van der Waals surface area (Å²) >= 11 is 0. The van der Waals surface area contributed by atoms with Gasteiger partial charge in [0.25, 0.3) is 0 Å². The second kappa shape index (κ2) is 5.54. The van der Waals surface area contributed by atoms with E-state index in [2.05, 4.69) is 4.74 Å². The van der Waals surface area contributed by atoms with E-state index in [1.165, 1.54) is 7.11 Å². The van der Waals surface area contributed by atoms with E-state index < -0.39 is 0 Å². The van der Waals surface area contributed by atoms with E-state index in [0.717, 1.165) is 16.5 Å². The van der Waals surface area contributed by atoms with E-state index in [9.17, 15) is 4.79 Å². The number of hydrogen-bond acceptors (Lipinski definition) is 3. The van der Waals surface area contributed by atoms with E-state index in [4.69, 9.17) is 4.74 Å². The Balaban J connectivity index is 2.19. The standard InChI is InChI=1S/C15H16O3/c1-11(10-15(16)17-2)18-14-9-5-7-12-6-3-4-8-13(12)14/h3-9,11H,10H2,1-2H3/t11-/m0/s1. The minimum atomic E-state index is -0.261. The molecule has 0 aliphatic heterocycles. The van der Waals surface area contributed by atoms with Crippen molar-refractivity contribution in [1.82, 2.24) is 0 Å². The van der Waals surface area contributed by atoms with Gasteiger partial charge >= 0.3 is 5.97 Å². The Labute approximate surface area is 106 Å². The number of esters is 1. The lowest BCUT2D eigenvalue weighted by Gasteiger charge is -2.15. The summed E-state index contributed by atoms with van der Waals surface area (Å²) in [6, 6.07) is 13.9. The molecule has 0 spiro atoms. The lowest BCUT2D eigenvalue weighted by Crippen LogP contribution is -2.18. The van der Waals surface area contributed by atoms with Crippen molar-refractivity contribution in [2.75, 3.05) is 7.11 Å². The highest BCUT2D eigenvalue weighted by Gasteiger charge is 2.11. The molecule has 0 unspecified atom stereocenters. The van der Waals surface area contributed by atoms with Crippen LogP contribution in [0.25, 0.3) is 10.8 Å². The van der Waals surface area contributed by atoms with Gasteiger partial charge in [-0.25, -0.2) is 0 Å². The number of hydrogen-bond donors (Lipinski definition) is 0. The molecule has 0 radical (unpaired) electrons. The van der Waals surface area contributed by atoms with Crippen LogP contribution in [0.3, 0.4) is 0 Å². The Hall–Kier alpha value is -2.03. The van der Waals surface area contributed by atoms with Gasteiger partial charge in [-0.3, -0.25) is 4.79 Å². The minimum Gasteiger partial charge on any atom is -0.489 e. The smallest absolute Gasteiger partial charge is 0.309 e. The van der Waals surface area contributed by atoms with Crippen LogP contribution in [0.15, 0.2) is 42.5 Å². The molecular weight excluding hydrogens is 228 g/mol. The molecule has 0 aliphatic carbocycles. The number of fused-ring (bicyclic) bond motifs is 1. The monoisotopic (exact) mass is 244 g/mol. The van der Waals surface area contributed by atoms with Crippen LogP contribution < -0.4 is 4.74 Å². The zero-order chi connectivity index (χ0) is 13.0. The van der Waals surface area contributed by atoms with Gasteiger partial charge in [-0.15, -0.1) is 0 Å². The molecule has 2 aromatic carbocycles. The summed E-state index contributed by atoms with van der Waals surface area (Å²) in [7, 11) is 1.38. The van der Waals surface area contributed by atoms with E-state index in [0.29, 0.717) is 0 Å². The van der Waals surface area contributed by atoms with Crippen LogP contribution in [0.5, 0.6) is 5.75 Å². The molecule has 18 heavy (non-hydrogen) atoms. The number of ether oxygens (including phenoxy) is 2. The van der Waals surface area contributed by atoms with Gasteiger partial charge in [-0.05, 0) is 18.4 Å². The lowest BCUT2D eigenvalue weighted by molar-refractivity contribution is -0.142. The van der Waals surface area contributed by atoms with Gasteiger partial charge in [0.05, 0.1) is 13.5 Å². The first-order valence-electron chi connectivity index (χ1n) is 5.92. The fourth-order valence-electron chi connectivity index (χ4n) is 1.87. The molecule has 0 amide bonds. The summed E-state index contributed by atoms with van der Waals surface area (Å²) in [5, 5.41) is 2.18. The summed E-state index contributed by atoms with van der Waals surface area (Å²) in [4.78, 5) is 11.2. The van der Waals surface area contributed by atoms with Crippen LogP contribution in [-0.2, 0) is 9.53 Å². The maximum Gasteiger partial charge on any atom is 0.309 e. The Kier molecular flexibility index (Phi) is 3.82. The Morgan fingerprint density at radius 1 is 1.17 bits per heavy atom. The quantitative estimate of drug-likeness (QED) is 0.775. The van der Waals surface area contributed by atoms with Gasteiger partial charge in [-0.1, -0.05) is 36.4 Å². The van der Waals surface area contributed by atoms with Crippen LogP contribution in [0.1, 0.15) is 13.3 Å². The van der Waals surface area contributed by atoms with Crippen LogP contribution in [0.2, 0.25) is 0 Å². The first-order chi connectivity index (χ1) is 8.70. The molecule has 0 fully saturated rings. The van der Waals surface area contributed by atoms with Crippen LogP contribution in [-0.4, -0.2) is 19.2 Å². The number of benzene rings is 2. The minimum absolute atomic E-state index is 0.205. The molecule has 0 saturated carbocycles. The molecule has 0 heterocycles. The van der Waals surface area contributed by atoms with Crippen LogP contribution in [0, 0.1) is 0 Å². The number of carbonyl (C=O) groups excluding carboxylic acids is 1. The maximum absolute atomic E-state index is 11.2. The Morgan fingerprint density at radius 3 is 2.67 bits per heavy atom. The molecule has 94 valence electrons. The largest absolute Gasteiger partial charge is 0.489 e. The van der Waals surface area contributed by atoms with Crippen LogP contribution in [0.4, 0.5) is 0 Å². The van der Waals surface area contributed by atoms with Gasteiger partial charge in [0.1, 0.15) is 11.9 Å². The summed E-state index contributed by atoms with van der Waals surface area (Å²) in [6.07, 6.45) is 0.0444. The molecule has 3 nitrogen and oxygen atoms in total. The van der Waals surface area contributed by atoms with Gasteiger partial charge < -0.3 is 9.47 Å². The van der Waals surface area contributed by atoms with Crippen molar-refractivity contribution >= 4 is 16.7 Å². The van der Waals surface area contributed by atoms with Gasteiger partial charge in [0.15, 0.2) is 0 Å². The molecule has 0 aromatic heterocycles. The second-order valence-corrected chi connectivity index (χ2v) is 4.19. The highest BCUT2D eigenvalue weighted by molar-refractivity contribution is 5.88. The Morgan fingerprint density at radius 2 is 1.89 bits per heavy atom. The van der Waals surface area contributed by atoms with E-state index in [1.54, 1.807) is 0 Å². The summed E-state index contributed by atoms with van der Waals surface area (Å²) in [5.41, 5.74) is 0. The molecule has 0 bridgehead atoms. The van der Waals surface area contributed by atoms with Gasteiger partial charge in [0, 0.05) is 5.39 Å². The number of methoxy groups -OCH3 is 1. The number of carbonyl (C=O) groups is 1. The summed E-state index contributed by atoms with van der Waals surface area (Å²) in [6.45, 7) is 1.86. The van der Waals surface area contributed by atoms with E-state index in [-0.39, 0.29) is 18.5 Å². The Bertz CT molecular complexity index is 543. The first kappa shape index (κ1) is 12.4. The molecule has 1 atom stereocenters. The van der Waals surface area contributed by atoms with Crippen molar-refractivity contribution in [2.45, 2.75) is 19.4 Å². The summed E-state index contributed by atoms with van der Waals surface area (Å²) in [5.74, 6) is 0.534. The predicted octanol–water partition coefficient (Wildman–Crippen LogP) is 3.17. The first-order valence-corrected chi connectivity index (χ1v) is 5.92. The van der Waals surface area contributed by atoms with E-state index in [1.807, 2.05) is 49.4 Å². The fraction of sp³-hybridized carbons (Fsp3) is 0.267. The van der Waals surface area contributed by atoms with Gasteiger partial charge in [-0.2, -0.15) is 0 Å². The third-order valence-electron chi connectivity index (χ3n) is 2.76. The lowest BCUT2D eigenvalue weighted by atomic mass is 10.1. The van der Waals surface area contributed by atoms with Crippen molar-refractivity contribution in [3.8, 4) is 5.75 Å². The second-order valence-electron chi connectivity index (χ2n) is 4.19. The van der Waals surface area contributed by atoms with Crippen molar-refractivity contribution in [2.24, 2.45) is 0 Å². The van der Waals surface area contributed by atoms with Gasteiger partial charge in [0.2, 0.25) is 0 Å². The molecule has 2 aromatic rings. The van der Waals surface area contributed by atoms with Crippen LogP contribution >= 0.6 is 0 Å². The fourth-order valence-corrected chi connectivity index (χ4v) is 1.87. The van der Waals surface area contributed by atoms with E-state index >= 15 is 0 Å². The molecule has 0 aliphatic rings. The van der Waals surface area contributed by atoms with Crippen molar-refractivity contribution in [1.29, 1.82) is 0 Å². The third-order valence-corrected chi connectivity index (χ3v) is 2.76.